The van der Waals surface area contributed by atoms with Gasteiger partial charge in [0.2, 0.25) is 0 Å². The lowest BCUT2D eigenvalue weighted by Gasteiger charge is -2.36. The fourth-order valence-corrected chi connectivity index (χ4v) is 3.57. The largest absolute Gasteiger partial charge is 0.313 e. The quantitative estimate of drug-likeness (QED) is 0.768. The summed E-state index contributed by atoms with van der Waals surface area (Å²) >= 11 is 0. The van der Waals surface area contributed by atoms with Gasteiger partial charge in [0, 0.05) is 26.7 Å². The number of sulfonamides is 1. The summed E-state index contributed by atoms with van der Waals surface area (Å²) < 4.78 is 27.6. The molecule has 0 unspecified atom stereocenters. The van der Waals surface area contributed by atoms with E-state index in [1.54, 1.807) is 7.05 Å². The average molecular weight is 244 g/mol. The molecule has 0 atom stereocenters. The second-order valence-corrected chi connectivity index (χ2v) is 5.65. The second-order valence-electron chi connectivity index (χ2n) is 3.81. The maximum absolute atomic E-state index is 12.3. The molecule has 0 saturated carbocycles. The molecule has 90 valence electrons. The zero-order valence-electron chi connectivity index (χ0n) is 9.42. The van der Waals surface area contributed by atoms with Crippen molar-refractivity contribution in [1.82, 2.24) is 19.4 Å². The SMILES string of the molecule is CCN(C1CNC1)S(=O)(=O)c1ccnn1C. The maximum Gasteiger partial charge on any atom is 0.260 e. The summed E-state index contributed by atoms with van der Waals surface area (Å²) in [5.74, 6) is 0. The molecule has 0 bridgehead atoms. The molecule has 6 nitrogen and oxygen atoms in total. The molecule has 16 heavy (non-hydrogen) atoms. The van der Waals surface area contributed by atoms with Crippen molar-refractivity contribution in [1.29, 1.82) is 0 Å². The summed E-state index contributed by atoms with van der Waals surface area (Å²) in [6.45, 7) is 3.79. The van der Waals surface area contributed by atoms with Gasteiger partial charge in [0.25, 0.3) is 10.0 Å². The average Bonchev–Trinajstić information content (AvgIpc) is 2.57. The summed E-state index contributed by atoms with van der Waals surface area (Å²) in [4.78, 5) is 0. The molecule has 7 heteroatoms. The Morgan fingerprint density at radius 1 is 1.62 bits per heavy atom. The first-order valence-electron chi connectivity index (χ1n) is 5.28. The lowest BCUT2D eigenvalue weighted by Crippen LogP contribution is -2.58. The van der Waals surface area contributed by atoms with Crippen LogP contribution in [0.25, 0.3) is 0 Å². The third kappa shape index (κ3) is 1.74. The van der Waals surface area contributed by atoms with Crippen molar-refractivity contribution >= 4 is 10.0 Å². The van der Waals surface area contributed by atoms with Crippen LogP contribution in [0.5, 0.6) is 0 Å². The maximum atomic E-state index is 12.3. The number of likely N-dealkylation sites (N-methyl/N-ethyl adjacent to an activating group) is 1. The van der Waals surface area contributed by atoms with Crippen molar-refractivity contribution in [3.05, 3.63) is 12.3 Å². The number of rotatable bonds is 4. The lowest BCUT2D eigenvalue weighted by atomic mass is 10.2. The van der Waals surface area contributed by atoms with E-state index in [0.29, 0.717) is 6.54 Å². The topological polar surface area (TPSA) is 67.2 Å². The van der Waals surface area contributed by atoms with Crippen molar-refractivity contribution in [2.24, 2.45) is 7.05 Å². The second kappa shape index (κ2) is 4.15. The minimum atomic E-state index is -3.40. The smallest absolute Gasteiger partial charge is 0.260 e. The van der Waals surface area contributed by atoms with Gasteiger partial charge in [-0.3, -0.25) is 4.68 Å². The monoisotopic (exact) mass is 244 g/mol. The normalized spacial score (nSPS) is 17.7. The van der Waals surface area contributed by atoms with E-state index in [9.17, 15) is 8.42 Å². The fraction of sp³-hybridized carbons (Fsp3) is 0.667. The van der Waals surface area contributed by atoms with Crippen LogP contribution in [0.1, 0.15) is 6.92 Å². The molecule has 1 aromatic heterocycles. The van der Waals surface area contributed by atoms with E-state index in [1.807, 2.05) is 6.92 Å². The third-order valence-electron chi connectivity index (χ3n) is 2.83. The predicted molar refractivity (Wildman–Crippen MR) is 59.4 cm³/mol. The Bertz CT molecular complexity index is 464. The first kappa shape index (κ1) is 11.6. The van der Waals surface area contributed by atoms with E-state index >= 15 is 0 Å². The van der Waals surface area contributed by atoms with Crippen LogP contribution < -0.4 is 5.32 Å². The summed E-state index contributed by atoms with van der Waals surface area (Å²) in [5.41, 5.74) is 0. The van der Waals surface area contributed by atoms with Crippen LogP contribution in [0.2, 0.25) is 0 Å². The van der Waals surface area contributed by atoms with Crippen LogP contribution in [-0.4, -0.2) is 48.2 Å². The Balaban J connectivity index is 2.33. The number of hydrogen-bond acceptors (Lipinski definition) is 4. The van der Waals surface area contributed by atoms with Crippen LogP contribution >= 0.6 is 0 Å². The van der Waals surface area contributed by atoms with Crippen molar-refractivity contribution in [2.75, 3.05) is 19.6 Å². The molecular weight excluding hydrogens is 228 g/mol. The van der Waals surface area contributed by atoms with Crippen LogP contribution in [0, 0.1) is 0 Å². The molecule has 0 spiro atoms. The minimum absolute atomic E-state index is 0.0740. The van der Waals surface area contributed by atoms with Gasteiger partial charge in [0.1, 0.15) is 0 Å². The van der Waals surface area contributed by atoms with E-state index < -0.39 is 10.0 Å². The fourth-order valence-electron chi connectivity index (χ4n) is 1.84. The summed E-state index contributed by atoms with van der Waals surface area (Å²) in [5, 5.41) is 7.23. The highest BCUT2D eigenvalue weighted by Gasteiger charge is 2.34. The standard InChI is InChI=1S/C9H16N4O2S/c1-3-13(8-6-10-7-8)16(14,15)9-4-5-11-12(9)2/h4-5,8,10H,3,6-7H2,1-2H3. The molecule has 1 aromatic rings. The Labute approximate surface area is 95.3 Å². The van der Waals surface area contributed by atoms with E-state index in [0.717, 1.165) is 13.1 Å². The Kier molecular flexibility index (Phi) is 3.00. The van der Waals surface area contributed by atoms with Crippen molar-refractivity contribution in [3.63, 3.8) is 0 Å². The lowest BCUT2D eigenvalue weighted by molar-refractivity contribution is 0.248. The van der Waals surface area contributed by atoms with E-state index in [1.165, 1.54) is 21.3 Å². The molecular formula is C9H16N4O2S. The van der Waals surface area contributed by atoms with Crippen LogP contribution in [-0.2, 0) is 17.1 Å². The molecule has 0 aliphatic carbocycles. The Morgan fingerprint density at radius 3 is 2.69 bits per heavy atom. The van der Waals surface area contributed by atoms with Crippen LogP contribution in [0.4, 0.5) is 0 Å². The molecule has 2 heterocycles. The molecule has 2 rings (SSSR count). The first-order valence-corrected chi connectivity index (χ1v) is 6.72. The number of aromatic nitrogens is 2. The van der Waals surface area contributed by atoms with Crippen LogP contribution in [0.3, 0.4) is 0 Å². The van der Waals surface area contributed by atoms with Gasteiger partial charge in [0.05, 0.1) is 12.2 Å². The van der Waals surface area contributed by atoms with Gasteiger partial charge in [-0.05, 0) is 6.07 Å². The van der Waals surface area contributed by atoms with E-state index in [-0.39, 0.29) is 11.1 Å². The van der Waals surface area contributed by atoms with Gasteiger partial charge < -0.3 is 5.32 Å². The van der Waals surface area contributed by atoms with Crippen molar-refractivity contribution in [3.8, 4) is 0 Å². The van der Waals surface area contributed by atoms with Crippen LogP contribution in [0.15, 0.2) is 17.3 Å². The van der Waals surface area contributed by atoms with Gasteiger partial charge in [-0.2, -0.15) is 9.40 Å². The highest BCUT2D eigenvalue weighted by molar-refractivity contribution is 7.89. The molecule has 0 aromatic carbocycles. The molecule has 1 aliphatic heterocycles. The summed E-state index contributed by atoms with van der Waals surface area (Å²) in [6, 6.07) is 1.61. The van der Waals surface area contributed by atoms with Gasteiger partial charge in [-0.25, -0.2) is 8.42 Å². The molecule has 1 aliphatic rings. The van der Waals surface area contributed by atoms with Gasteiger partial charge in [-0.1, -0.05) is 6.92 Å². The number of nitrogens with one attached hydrogen (secondary N) is 1. The number of nitrogens with zero attached hydrogens (tertiary/aromatic N) is 3. The summed E-state index contributed by atoms with van der Waals surface area (Å²) in [7, 11) is -1.77. The molecule has 1 N–H and O–H groups in total. The van der Waals surface area contributed by atoms with E-state index in [4.69, 9.17) is 0 Å². The molecule has 0 amide bonds. The zero-order valence-corrected chi connectivity index (χ0v) is 10.2. The van der Waals surface area contributed by atoms with Gasteiger partial charge >= 0.3 is 0 Å². The van der Waals surface area contributed by atoms with E-state index in [2.05, 4.69) is 10.4 Å². The van der Waals surface area contributed by atoms with Gasteiger partial charge in [-0.15, -0.1) is 0 Å². The predicted octanol–water partition coefficient (Wildman–Crippen LogP) is -0.597. The molecule has 1 fully saturated rings. The Morgan fingerprint density at radius 2 is 2.31 bits per heavy atom. The van der Waals surface area contributed by atoms with Crippen molar-refractivity contribution < 1.29 is 8.42 Å². The highest BCUT2D eigenvalue weighted by Crippen LogP contribution is 2.18. The number of hydrogen-bond donors (Lipinski definition) is 1. The molecule has 1 saturated heterocycles. The number of aryl methyl sites for hydroxylation is 1. The van der Waals surface area contributed by atoms with Gasteiger partial charge in [0.15, 0.2) is 5.03 Å². The zero-order chi connectivity index (χ0) is 11.8. The minimum Gasteiger partial charge on any atom is -0.313 e. The van der Waals surface area contributed by atoms with Crippen molar-refractivity contribution in [2.45, 2.75) is 18.0 Å². The molecule has 0 radical (unpaired) electrons. The third-order valence-corrected chi connectivity index (χ3v) is 4.93. The Hall–Kier alpha value is -0.920. The first-order chi connectivity index (χ1) is 7.57. The highest BCUT2D eigenvalue weighted by atomic mass is 32.2. The summed E-state index contributed by atoms with van der Waals surface area (Å²) in [6.07, 6.45) is 1.50.